The first-order valence-electron chi connectivity index (χ1n) is 10.5. The van der Waals surface area contributed by atoms with Crippen LogP contribution in [0.15, 0.2) is 0 Å². The van der Waals surface area contributed by atoms with E-state index >= 15 is 0 Å². The minimum atomic E-state index is -0.661. The molecule has 24 heavy (non-hydrogen) atoms. The van der Waals surface area contributed by atoms with Crippen molar-refractivity contribution in [1.29, 1.82) is 0 Å². The van der Waals surface area contributed by atoms with Gasteiger partial charge in [-0.3, -0.25) is 4.79 Å². The topological polar surface area (TPSA) is 57.5 Å². The van der Waals surface area contributed by atoms with E-state index in [1.54, 1.807) is 0 Å². The fraction of sp³-hybridized carbons (Fsp3) is 0.952. The molecular weight excluding hydrogens is 300 g/mol. The van der Waals surface area contributed by atoms with E-state index in [1.165, 1.54) is 89.9 Å². The van der Waals surface area contributed by atoms with Crippen LogP contribution in [0.25, 0.3) is 0 Å². The molecule has 3 heteroatoms. The van der Waals surface area contributed by atoms with Crippen LogP contribution in [0.2, 0.25) is 0 Å². The molecule has 1 atom stereocenters. The minimum Gasteiger partial charge on any atom is -0.481 e. The normalized spacial score (nSPS) is 12.4. The molecule has 3 nitrogen and oxygen atoms in total. The predicted molar refractivity (Wildman–Crippen MR) is 102 cm³/mol. The molecule has 0 fully saturated rings. The molecule has 0 spiro atoms. The van der Waals surface area contributed by atoms with Crippen LogP contribution >= 0.6 is 0 Å². The Hall–Kier alpha value is -0.570. The minimum absolute atomic E-state index is 0.123. The van der Waals surface area contributed by atoms with E-state index in [0.717, 1.165) is 19.3 Å². The van der Waals surface area contributed by atoms with Crippen LogP contribution in [0.3, 0.4) is 0 Å². The van der Waals surface area contributed by atoms with Gasteiger partial charge in [-0.15, -0.1) is 0 Å². The fourth-order valence-corrected chi connectivity index (χ4v) is 3.19. The number of hydrogen-bond acceptors (Lipinski definition) is 2. The molecule has 0 bridgehead atoms. The van der Waals surface area contributed by atoms with Gasteiger partial charge in [-0.2, -0.15) is 0 Å². The lowest BCUT2D eigenvalue weighted by Crippen LogP contribution is -1.98. The van der Waals surface area contributed by atoms with Crippen LogP contribution < -0.4 is 0 Å². The van der Waals surface area contributed by atoms with Crippen molar-refractivity contribution in [3.63, 3.8) is 0 Å². The van der Waals surface area contributed by atoms with Gasteiger partial charge in [-0.1, -0.05) is 96.3 Å². The smallest absolute Gasteiger partial charge is 0.303 e. The Morgan fingerprint density at radius 3 is 1.21 bits per heavy atom. The standard InChI is InChI=1S/C21H42O3/c1-20(22)18-16-14-12-10-8-6-4-2-3-5-7-9-11-13-15-17-19-21(23)24/h20,22H,2-19H2,1H3,(H,23,24). The van der Waals surface area contributed by atoms with Crippen LogP contribution in [0.4, 0.5) is 0 Å². The zero-order valence-electron chi connectivity index (χ0n) is 16.1. The molecular formula is C21H42O3. The average Bonchev–Trinajstić information content (AvgIpc) is 2.53. The third-order valence-electron chi connectivity index (χ3n) is 4.76. The summed E-state index contributed by atoms with van der Waals surface area (Å²) in [6.07, 6.45) is 21.7. The van der Waals surface area contributed by atoms with Crippen molar-refractivity contribution < 1.29 is 15.0 Å². The molecule has 0 saturated heterocycles. The van der Waals surface area contributed by atoms with Crippen LogP contribution in [-0.4, -0.2) is 22.3 Å². The lowest BCUT2D eigenvalue weighted by Gasteiger charge is -2.04. The van der Waals surface area contributed by atoms with Crippen molar-refractivity contribution >= 4 is 5.97 Å². The Bertz CT molecular complexity index is 264. The SMILES string of the molecule is CC(O)CCCCCCCCCCCCCCCCCCC(=O)O. The lowest BCUT2D eigenvalue weighted by atomic mass is 10.0. The number of aliphatic hydroxyl groups is 1. The highest BCUT2D eigenvalue weighted by atomic mass is 16.4. The number of rotatable bonds is 19. The molecule has 0 aliphatic rings. The molecule has 0 aliphatic heterocycles. The Morgan fingerprint density at radius 1 is 0.625 bits per heavy atom. The summed E-state index contributed by atoms with van der Waals surface area (Å²) in [5, 5.41) is 17.7. The van der Waals surface area contributed by atoms with Gasteiger partial charge in [0, 0.05) is 6.42 Å². The Labute approximate surface area is 150 Å². The summed E-state index contributed by atoms with van der Waals surface area (Å²) in [5.41, 5.74) is 0. The largest absolute Gasteiger partial charge is 0.481 e. The predicted octanol–water partition coefficient (Wildman–Crippen LogP) is 6.47. The van der Waals surface area contributed by atoms with E-state index in [4.69, 9.17) is 5.11 Å². The van der Waals surface area contributed by atoms with Crippen molar-refractivity contribution in [3.8, 4) is 0 Å². The van der Waals surface area contributed by atoms with Crippen molar-refractivity contribution in [1.82, 2.24) is 0 Å². The average molecular weight is 343 g/mol. The highest BCUT2D eigenvalue weighted by Crippen LogP contribution is 2.14. The number of aliphatic carboxylic acids is 1. The van der Waals surface area contributed by atoms with Crippen LogP contribution in [-0.2, 0) is 4.79 Å². The first-order valence-corrected chi connectivity index (χ1v) is 10.5. The van der Waals surface area contributed by atoms with Gasteiger partial charge in [-0.05, 0) is 19.8 Å². The number of hydrogen-bond donors (Lipinski definition) is 2. The molecule has 0 aromatic carbocycles. The van der Waals surface area contributed by atoms with E-state index in [2.05, 4.69) is 0 Å². The van der Waals surface area contributed by atoms with E-state index in [0.29, 0.717) is 6.42 Å². The Kier molecular flexibility index (Phi) is 18.3. The lowest BCUT2D eigenvalue weighted by molar-refractivity contribution is -0.137. The van der Waals surface area contributed by atoms with E-state index in [-0.39, 0.29) is 6.10 Å². The van der Waals surface area contributed by atoms with Gasteiger partial charge in [-0.25, -0.2) is 0 Å². The quantitative estimate of drug-likeness (QED) is 0.264. The molecule has 0 saturated carbocycles. The van der Waals surface area contributed by atoms with Gasteiger partial charge in [0.15, 0.2) is 0 Å². The summed E-state index contributed by atoms with van der Waals surface area (Å²) in [6.45, 7) is 1.88. The molecule has 2 N–H and O–H groups in total. The third-order valence-corrected chi connectivity index (χ3v) is 4.76. The zero-order valence-corrected chi connectivity index (χ0v) is 16.1. The molecule has 0 rings (SSSR count). The first-order chi connectivity index (χ1) is 11.6. The number of carboxylic acids is 1. The fourth-order valence-electron chi connectivity index (χ4n) is 3.19. The second-order valence-electron chi connectivity index (χ2n) is 7.44. The zero-order chi connectivity index (χ0) is 17.9. The second kappa shape index (κ2) is 18.8. The van der Waals surface area contributed by atoms with Gasteiger partial charge in [0.2, 0.25) is 0 Å². The van der Waals surface area contributed by atoms with Gasteiger partial charge < -0.3 is 10.2 Å². The summed E-state index contributed by atoms with van der Waals surface area (Å²) in [6, 6.07) is 0. The van der Waals surface area contributed by atoms with Crippen LogP contribution in [0.5, 0.6) is 0 Å². The molecule has 144 valence electrons. The number of carbonyl (C=O) groups is 1. The Balaban J connectivity index is 2.99. The maximum atomic E-state index is 10.4. The van der Waals surface area contributed by atoms with Gasteiger partial charge in [0.05, 0.1) is 6.10 Å². The summed E-state index contributed by atoms with van der Waals surface area (Å²) >= 11 is 0. The molecule has 0 aromatic rings. The number of aliphatic hydroxyl groups excluding tert-OH is 1. The number of unbranched alkanes of at least 4 members (excludes halogenated alkanes) is 15. The van der Waals surface area contributed by atoms with E-state index < -0.39 is 5.97 Å². The Morgan fingerprint density at radius 2 is 0.917 bits per heavy atom. The molecule has 1 unspecified atom stereocenters. The van der Waals surface area contributed by atoms with Gasteiger partial charge >= 0.3 is 5.97 Å². The maximum Gasteiger partial charge on any atom is 0.303 e. The second-order valence-corrected chi connectivity index (χ2v) is 7.44. The first kappa shape index (κ1) is 23.4. The summed E-state index contributed by atoms with van der Waals surface area (Å²) in [7, 11) is 0. The highest BCUT2D eigenvalue weighted by Gasteiger charge is 1.98. The van der Waals surface area contributed by atoms with Gasteiger partial charge in [0.1, 0.15) is 0 Å². The van der Waals surface area contributed by atoms with Crippen molar-refractivity contribution in [2.24, 2.45) is 0 Å². The summed E-state index contributed by atoms with van der Waals surface area (Å²) in [5.74, 6) is -0.661. The summed E-state index contributed by atoms with van der Waals surface area (Å²) < 4.78 is 0. The molecule has 0 heterocycles. The van der Waals surface area contributed by atoms with Gasteiger partial charge in [0.25, 0.3) is 0 Å². The van der Waals surface area contributed by atoms with E-state index in [9.17, 15) is 9.90 Å². The molecule has 0 aromatic heterocycles. The number of carboxylic acid groups (broad SMARTS) is 1. The monoisotopic (exact) mass is 342 g/mol. The molecule has 0 aliphatic carbocycles. The molecule has 0 radical (unpaired) electrons. The summed E-state index contributed by atoms with van der Waals surface area (Å²) in [4.78, 5) is 10.4. The maximum absolute atomic E-state index is 10.4. The van der Waals surface area contributed by atoms with Crippen LogP contribution in [0, 0.1) is 0 Å². The van der Waals surface area contributed by atoms with Crippen molar-refractivity contribution in [3.05, 3.63) is 0 Å². The van der Waals surface area contributed by atoms with Crippen molar-refractivity contribution in [2.75, 3.05) is 0 Å². The molecule has 0 amide bonds. The van der Waals surface area contributed by atoms with E-state index in [1.807, 2.05) is 6.92 Å². The van der Waals surface area contributed by atoms with Crippen molar-refractivity contribution in [2.45, 2.75) is 129 Å². The highest BCUT2D eigenvalue weighted by molar-refractivity contribution is 5.66. The third kappa shape index (κ3) is 21.4. The van der Waals surface area contributed by atoms with Crippen LogP contribution in [0.1, 0.15) is 122 Å².